The van der Waals surface area contributed by atoms with Crippen molar-refractivity contribution in [1.29, 1.82) is 0 Å². The highest BCUT2D eigenvalue weighted by Gasteiger charge is 2.47. The van der Waals surface area contributed by atoms with Gasteiger partial charge in [-0.2, -0.15) is 0 Å². The maximum absolute atomic E-state index is 13.5. The summed E-state index contributed by atoms with van der Waals surface area (Å²) < 4.78 is 21.8. The summed E-state index contributed by atoms with van der Waals surface area (Å²) in [6.07, 6.45) is 0. The summed E-state index contributed by atoms with van der Waals surface area (Å²) in [5.41, 5.74) is 1.10. The van der Waals surface area contributed by atoms with Crippen LogP contribution >= 0.6 is 11.6 Å². The second-order valence-electron chi connectivity index (χ2n) is 9.33. The Morgan fingerprint density at radius 3 is 2.08 bits per heavy atom. The number of ketones is 1. The van der Waals surface area contributed by atoms with E-state index in [0.29, 0.717) is 41.0 Å². The number of aliphatic hydroxyl groups is 1. The minimum Gasteiger partial charge on any atom is -0.507 e. The van der Waals surface area contributed by atoms with Gasteiger partial charge in [0.15, 0.2) is 0 Å². The molecule has 204 valence electrons. The van der Waals surface area contributed by atoms with Crippen LogP contribution in [0.5, 0.6) is 23.0 Å². The van der Waals surface area contributed by atoms with Crippen LogP contribution in [0.3, 0.4) is 0 Å². The van der Waals surface area contributed by atoms with E-state index in [0.717, 1.165) is 0 Å². The van der Waals surface area contributed by atoms with Gasteiger partial charge in [-0.1, -0.05) is 37.6 Å². The molecule has 0 aromatic heterocycles. The van der Waals surface area contributed by atoms with Crippen LogP contribution < -0.4 is 23.8 Å². The Hall–Kier alpha value is -4.17. The molecule has 8 nitrogen and oxygen atoms in total. The number of rotatable bonds is 9. The van der Waals surface area contributed by atoms with Crippen LogP contribution in [0.25, 0.3) is 5.76 Å². The molecule has 0 spiro atoms. The summed E-state index contributed by atoms with van der Waals surface area (Å²) in [4.78, 5) is 28.3. The third-order valence-electron chi connectivity index (χ3n) is 6.30. The molecule has 3 aromatic rings. The number of carbonyl (C=O) groups is 2. The molecule has 1 atom stereocenters. The fourth-order valence-electron chi connectivity index (χ4n) is 4.36. The van der Waals surface area contributed by atoms with Gasteiger partial charge in [0.1, 0.15) is 28.8 Å². The Bertz CT molecular complexity index is 1400. The first-order valence-corrected chi connectivity index (χ1v) is 12.7. The monoisotopic (exact) mass is 551 g/mol. The average Bonchev–Trinajstić information content (AvgIpc) is 3.21. The fraction of sp³-hybridized carbons (Fsp3) is 0.267. The lowest BCUT2D eigenvalue weighted by molar-refractivity contribution is -0.132. The minimum absolute atomic E-state index is 0.107. The third-order valence-corrected chi connectivity index (χ3v) is 6.60. The van der Waals surface area contributed by atoms with Gasteiger partial charge in [-0.25, -0.2) is 0 Å². The Morgan fingerprint density at radius 1 is 0.897 bits per heavy atom. The van der Waals surface area contributed by atoms with E-state index < -0.39 is 23.5 Å². The van der Waals surface area contributed by atoms with Gasteiger partial charge >= 0.3 is 0 Å². The van der Waals surface area contributed by atoms with Crippen molar-refractivity contribution in [1.82, 2.24) is 0 Å². The maximum atomic E-state index is 13.5. The van der Waals surface area contributed by atoms with E-state index in [-0.39, 0.29) is 21.9 Å². The van der Waals surface area contributed by atoms with E-state index in [2.05, 4.69) is 0 Å². The first-order valence-electron chi connectivity index (χ1n) is 12.3. The third kappa shape index (κ3) is 5.52. The smallest absolute Gasteiger partial charge is 0.300 e. The van der Waals surface area contributed by atoms with Crippen LogP contribution in [0, 0.1) is 5.92 Å². The molecule has 3 aromatic carbocycles. The molecular weight excluding hydrogens is 522 g/mol. The van der Waals surface area contributed by atoms with Gasteiger partial charge in [0.25, 0.3) is 11.7 Å². The van der Waals surface area contributed by atoms with Crippen molar-refractivity contribution in [2.24, 2.45) is 5.92 Å². The molecular formula is C30H30ClNO7. The lowest BCUT2D eigenvalue weighted by Gasteiger charge is -2.26. The zero-order valence-electron chi connectivity index (χ0n) is 22.4. The minimum atomic E-state index is -0.941. The average molecular weight is 552 g/mol. The van der Waals surface area contributed by atoms with Crippen molar-refractivity contribution in [2.75, 3.05) is 32.8 Å². The normalized spacial score (nSPS) is 16.5. The maximum Gasteiger partial charge on any atom is 0.300 e. The number of benzene rings is 3. The number of hydrogen-bond donors (Lipinski definition) is 1. The zero-order chi connectivity index (χ0) is 28.3. The predicted molar refractivity (Wildman–Crippen MR) is 149 cm³/mol. The Balaban J connectivity index is 1.88. The highest BCUT2D eigenvalue weighted by Crippen LogP contribution is 2.45. The summed E-state index contributed by atoms with van der Waals surface area (Å²) >= 11 is 6.34. The first-order chi connectivity index (χ1) is 18.7. The van der Waals surface area contributed by atoms with Crippen molar-refractivity contribution in [3.8, 4) is 23.0 Å². The van der Waals surface area contributed by atoms with Crippen molar-refractivity contribution < 1.29 is 33.6 Å². The van der Waals surface area contributed by atoms with E-state index in [9.17, 15) is 14.7 Å². The highest BCUT2D eigenvalue weighted by atomic mass is 35.5. The molecule has 1 unspecified atom stereocenters. The standard InChI is InChI=1S/C30H30ClNO7/c1-17(2)16-39-21-12-8-19(9-13-21)32-27(18-6-10-20(36-3)11-7-18)26(29(34)30(32)35)28(33)22-14-23(31)25(38-5)15-24(22)37-4/h6-15,17,27,33H,16H2,1-5H3/b28-26+. The van der Waals surface area contributed by atoms with Crippen LogP contribution in [-0.2, 0) is 9.59 Å². The molecule has 1 heterocycles. The largest absolute Gasteiger partial charge is 0.507 e. The molecule has 1 aliphatic rings. The van der Waals surface area contributed by atoms with Crippen LogP contribution in [0.4, 0.5) is 5.69 Å². The summed E-state index contributed by atoms with van der Waals surface area (Å²) in [7, 11) is 4.42. The van der Waals surface area contributed by atoms with Crippen molar-refractivity contribution >= 4 is 34.7 Å². The molecule has 0 bridgehead atoms. The Labute approximate surface area is 232 Å². The number of carbonyl (C=O) groups excluding carboxylic acids is 2. The summed E-state index contributed by atoms with van der Waals surface area (Å²) in [6.45, 7) is 4.64. The SMILES string of the molecule is COc1ccc(C2/C(=C(\O)c3cc(Cl)c(OC)cc3OC)C(=O)C(=O)N2c2ccc(OCC(C)C)cc2)cc1. The molecule has 9 heteroatoms. The van der Waals surface area contributed by atoms with E-state index in [1.54, 1.807) is 55.6 Å². The fourth-order valence-corrected chi connectivity index (χ4v) is 4.60. The quantitative estimate of drug-likeness (QED) is 0.197. The number of anilines is 1. The second-order valence-corrected chi connectivity index (χ2v) is 9.74. The lowest BCUT2D eigenvalue weighted by atomic mass is 9.94. The Morgan fingerprint density at radius 2 is 1.51 bits per heavy atom. The summed E-state index contributed by atoms with van der Waals surface area (Å²) in [5, 5.41) is 11.7. The number of amides is 1. The van der Waals surface area contributed by atoms with E-state index in [1.807, 2.05) is 13.8 Å². The topological polar surface area (TPSA) is 94.5 Å². The van der Waals surface area contributed by atoms with Crippen LogP contribution in [0.2, 0.25) is 5.02 Å². The molecule has 1 fully saturated rings. The lowest BCUT2D eigenvalue weighted by Crippen LogP contribution is -2.29. The highest BCUT2D eigenvalue weighted by molar-refractivity contribution is 6.51. The number of hydrogen-bond acceptors (Lipinski definition) is 7. The molecule has 1 N–H and O–H groups in total. The molecule has 1 amide bonds. The predicted octanol–water partition coefficient (Wildman–Crippen LogP) is 6.03. The van der Waals surface area contributed by atoms with Crippen molar-refractivity contribution in [3.05, 3.63) is 82.4 Å². The number of ether oxygens (including phenoxy) is 4. The molecule has 1 aliphatic heterocycles. The summed E-state index contributed by atoms with van der Waals surface area (Å²) in [6, 6.07) is 15.9. The van der Waals surface area contributed by atoms with E-state index in [4.69, 9.17) is 30.5 Å². The number of aliphatic hydroxyl groups excluding tert-OH is 1. The molecule has 4 rings (SSSR count). The number of nitrogens with zero attached hydrogens (tertiary/aromatic N) is 1. The van der Waals surface area contributed by atoms with Crippen LogP contribution in [-0.4, -0.2) is 44.7 Å². The van der Waals surface area contributed by atoms with Crippen molar-refractivity contribution in [3.63, 3.8) is 0 Å². The Kier molecular flexibility index (Phi) is 8.35. The molecule has 1 saturated heterocycles. The second kappa shape index (κ2) is 11.7. The molecule has 0 aliphatic carbocycles. The number of Topliss-reactive ketones (excluding diaryl/α,β-unsaturated/α-hetero) is 1. The van der Waals surface area contributed by atoms with Crippen LogP contribution in [0.15, 0.2) is 66.2 Å². The van der Waals surface area contributed by atoms with Gasteiger partial charge < -0.3 is 24.1 Å². The van der Waals surface area contributed by atoms with E-state index in [1.165, 1.54) is 31.3 Å². The number of methoxy groups -OCH3 is 3. The number of halogens is 1. The van der Waals surface area contributed by atoms with Gasteiger partial charge in [0.2, 0.25) is 0 Å². The van der Waals surface area contributed by atoms with Gasteiger partial charge in [-0.05, 0) is 53.9 Å². The summed E-state index contributed by atoms with van der Waals surface area (Å²) in [5.74, 6) is 0.0934. The van der Waals surface area contributed by atoms with E-state index >= 15 is 0 Å². The molecule has 39 heavy (non-hydrogen) atoms. The molecule has 0 saturated carbocycles. The van der Waals surface area contributed by atoms with Gasteiger partial charge in [0.05, 0.1) is 50.1 Å². The first kappa shape index (κ1) is 27.9. The molecule has 0 radical (unpaired) electrons. The van der Waals surface area contributed by atoms with Gasteiger partial charge in [-0.3, -0.25) is 14.5 Å². The zero-order valence-corrected chi connectivity index (χ0v) is 23.1. The van der Waals surface area contributed by atoms with Crippen LogP contribution in [0.1, 0.15) is 31.0 Å². The van der Waals surface area contributed by atoms with Gasteiger partial charge in [-0.15, -0.1) is 0 Å². The van der Waals surface area contributed by atoms with Crippen molar-refractivity contribution in [2.45, 2.75) is 19.9 Å². The van der Waals surface area contributed by atoms with Gasteiger partial charge in [0, 0.05) is 11.8 Å².